The van der Waals surface area contributed by atoms with Crippen LogP contribution in [-0.2, 0) is 9.59 Å². The number of Topliss-reactive ketones (excluding diaryl/α,β-unsaturated/α-hetero) is 1. The van der Waals surface area contributed by atoms with Crippen LogP contribution in [0.2, 0.25) is 0 Å². The Kier molecular flexibility index (Phi) is 2.40. The molecule has 2 rings (SSSR count). The number of fused-ring (bicyclic) bond motifs is 1. The van der Waals surface area contributed by atoms with Gasteiger partial charge in [-0.05, 0) is 11.6 Å². The Labute approximate surface area is 91.9 Å². The lowest BCUT2D eigenvalue weighted by atomic mass is 9.89. The monoisotopic (exact) mass is 215 g/mol. The van der Waals surface area contributed by atoms with Crippen LogP contribution in [0.3, 0.4) is 0 Å². The molecule has 1 aliphatic carbocycles. The predicted molar refractivity (Wildman–Crippen MR) is 59.5 cm³/mol. The summed E-state index contributed by atoms with van der Waals surface area (Å²) in [4.78, 5) is 26.5. The van der Waals surface area contributed by atoms with E-state index in [1.165, 1.54) is 13.1 Å². The second-order valence-corrected chi connectivity index (χ2v) is 3.35. The Morgan fingerprint density at radius 2 is 2.00 bits per heavy atom. The predicted octanol–water partition coefficient (Wildman–Crippen LogP) is 1.16. The van der Waals surface area contributed by atoms with Gasteiger partial charge >= 0.3 is 5.97 Å². The van der Waals surface area contributed by atoms with Gasteiger partial charge in [0.2, 0.25) is 5.78 Å². The molecule has 0 fully saturated rings. The fourth-order valence-electron chi connectivity index (χ4n) is 1.69. The van der Waals surface area contributed by atoms with Gasteiger partial charge in [-0.15, -0.1) is 0 Å². The lowest BCUT2D eigenvalue weighted by molar-refractivity contribution is -0.133. The zero-order chi connectivity index (χ0) is 11.7. The van der Waals surface area contributed by atoms with Crippen LogP contribution in [0.4, 0.5) is 0 Å². The number of aliphatic carboxylic acids is 1. The largest absolute Gasteiger partial charge is 0.478 e. The van der Waals surface area contributed by atoms with Crippen LogP contribution in [-0.4, -0.2) is 29.6 Å². The molecule has 0 amide bonds. The SMILES string of the molecule is CN=C1C(=O)C(C(=O)O)=Cc2ccccc21. The zero-order valence-corrected chi connectivity index (χ0v) is 8.60. The molecule has 0 saturated carbocycles. The summed E-state index contributed by atoms with van der Waals surface area (Å²) in [7, 11) is 1.48. The molecule has 16 heavy (non-hydrogen) atoms. The van der Waals surface area contributed by atoms with Crippen molar-refractivity contribution in [1.82, 2.24) is 0 Å². The fourth-order valence-corrected chi connectivity index (χ4v) is 1.69. The molecule has 0 radical (unpaired) electrons. The summed E-state index contributed by atoms with van der Waals surface area (Å²) >= 11 is 0. The Bertz CT molecular complexity index is 541. The number of carbonyl (C=O) groups excluding carboxylic acids is 1. The number of ketones is 1. The third-order valence-electron chi connectivity index (χ3n) is 2.43. The maximum atomic E-state index is 11.8. The van der Waals surface area contributed by atoms with Crippen molar-refractivity contribution in [2.24, 2.45) is 4.99 Å². The first-order valence-electron chi connectivity index (χ1n) is 4.71. The van der Waals surface area contributed by atoms with Gasteiger partial charge in [-0.25, -0.2) is 4.79 Å². The number of carbonyl (C=O) groups is 2. The van der Waals surface area contributed by atoms with E-state index in [-0.39, 0.29) is 11.3 Å². The molecule has 0 aliphatic heterocycles. The van der Waals surface area contributed by atoms with E-state index in [2.05, 4.69) is 4.99 Å². The van der Waals surface area contributed by atoms with E-state index < -0.39 is 11.8 Å². The summed E-state index contributed by atoms with van der Waals surface area (Å²) in [5.74, 6) is -1.76. The van der Waals surface area contributed by atoms with Crippen molar-refractivity contribution >= 4 is 23.5 Å². The molecule has 0 atom stereocenters. The van der Waals surface area contributed by atoms with Gasteiger partial charge in [-0.1, -0.05) is 24.3 Å². The molecule has 0 bridgehead atoms. The van der Waals surface area contributed by atoms with Crippen molar-refractivity contribution in [3.8, 4) is 0 Å². The second-order valence-electron chi connectivity index (χ2n) is 3.35. The minimum absolute atomic E-state index is 0.204. The number of hydrogen-bond donors (Lipinski definition) is 1. The number of hydrogen-bond acceptors (Lipinski definition) is 3. The van der Waals surface area contributed by atoms with E-state index in [0.29, 0.717) is 11.1 Å². The van der Waals surface area contributed by atoms with Crippen molar-refractivity contribution in [3.05, 3.63) is 41.0 Å². The van der Waals surface area contributed by atoms with Crippen LogP contribution < -0.4 is 0 Å². The molecule has 1 N–H and O–H groups in total. The average Bonchev–Trinajstić information content (AvgIpc) is 2.28. The van der Waals surface area contributed by atoms with Gasteiger partial charge in [-0.3, -0.25) is 9.79 Å². The summed E-state index contributed by atoms with van der Waals surface area (Å²) in [6, 6.07) is 7.09. The van der Waals surface area contributed by atoms with E-state index in [4.69, 9.17) is 5.11 Å². The number of carboxylic acid groups (broad SMARTS) is 1. The standard InChI is InChI=1S/C12H9NO3/c1-13-10-8-5-3-2-4-7(8)6-9(11(10)14)12(15)16/h2-6H,1H3,(H,15,16). The molecule has 0 saturated heterocycles. The zero-order valence-electron chi connectivity index (χ0n) is 8.60. The molecule has 0 spiro atoms. The smallest absolute Gasteiger partial charge is 0.339 e. The third-order valence-corrected chi connectivity index (χ3v) is 2.43. The van der Waals surface area contributed by atoms with Crippen molar-refractivity contribution < 1.29 is 14.7 Å². The fraction of sp³-hybridized carbons (Fsp3) is 0.0833. The Morgan fingerprint density at radius 3 is 2.62 bits per heavy atom. The van der Waals surface area contributed by atoms with Crippen LogP contribution in [0.1, 0.15) is 11.1 Å². The van der Waals surface area contributed by atoms with E-state index in [1.54, 1.807) is 24.3 Å². The minimum Gasteiger partial charge on any atom is -0.478 e. The summed E-state index contributed by atoms with van der Waals surface area (Å²) < 4.78 is 0. The van der Waals surface area contributed by atoms with Crippen molar-refractivity contribution in [2.45, 2.75) is 0 Å². The van der Waals surface area contributed by atoms with E-state index in [0.717, 1.165) is 0 Å². The Morgan fingerprint density at radius 1 is 1.31 bits per heavy atom. The lowest BCUT2D eigenvalue weighted by Gasteiger charge is -2.14. The van der Waals surface area contributed by atoms with Gasteiger partial charge in [0.15, 0.2) is 0 Å². The van der Waals surface area contributed by atoms with Gasteiger partial charge in [0.05, 0.1) is 0 Å². The number of nitrogens with zero attached hydrogens (tertiary/aromatic N) is 1. The molecular weight excluding hydrogens is 206 g/mol. The number of carboxylic acids is 1. The van der Waals surface area contributed by atoms with Crippen LogP contribution in [0, 0.1) is 0 Å². The molecule has 0 unspecified atom stereocenters. The third kappa shape index (κ3) is 1.44. The van der Waals surface area contributed by atoms with Crippen molar-refractivity contribution in [2.75, 3.05) is 7.05 Å². The van der Waals surface area contributed by atoms with Crippen LogP contribution >= 0.6 is 0 Å². The molecule has 0 heterocycles. The lowest BCUT2D eigenvalue weighted by Crippen LogP contribution is -2.26. The highest BCUT2D eigenvalue weighted by atomic mass is 16.4. The Balaban J connectivity index is 2.71. The van der Waals surface area contributed by atoms with Gasteiger partial charge in [0, 0.05) is 12.6 Å². The molecule has 4 nitrogen and oxygen atoms in total. The molecule has 0 aromatic heterocycles. The average molecular weight is 215 g/mol. The normalized spacial score (nSPS) is 16.9. The topological polar surface area (TPSA) is 66.7 Å². The van der Waals surface area contributed by atoms with Gasteiger partial charge in [0.1, 0.15) is 11.3 Å². The summed E-state index contributed by atoms with van der Waals surface area (Å²) in [5.41, 5.74) is 1.36. The van der Waals surface area contributed by atoms with Crippen LogP contribution in [0.5, 0.6) is 0 Å². The molecule has 1 aliphatic rings. The number of aliphatic imine (C=N–C) groups is 1. The van der Waals surface area contributed by atoms with Gasteiger partial charge < -0.3 is 5.11 Å². The minimum atomic E-state index is -1.22. The first kappa shape index (κ1) is 10.3. The number of rotatable bonds is 1. The van der Waals surface area contributed by atoms with E-state index in [9.17, 15) is 9.59 Å². The molecule has 1 aromatic carbocycles. The molecular formula is C12H9NO3. The first-order valence-corrected chi connectivity index (χ1v) is 4.71. The molecule has 80 valence electrons. The second kappa shape index (κ2) is 3.73. The maximum absolute atomic E-state index is 11.8. The highest BCUT2D eigenvalue weighted by molar-refractivity contribution is 6.58. The quantitative estimate of drug-likeness (QED) is 0.715. The summed E-state index contributed by atoms with van der Waals surface area (Å²) in [6.07, 6.45) is 1.38. The molecule has 1 aromatic rings. The van der Waals surface area contributed by atoms with Crippen LogP contribution in [0.25, 0.3) is 6.08 Å². The van der Waals surface area contributed by atoms with Crippen LogP contribution in [0.15, 0.2) is 34.8 Å². The maximum Gasteiger partial charge on any atom is 0.339 e. The van der Waals surface area contributed by atoms with E-state index in [1.807, 2.05) is 0 Å². The van der Waals surface area contributed by atoms with Gasteiger partial charge in [-0.2, -0.15) is 0 Å². The Hall–Kier alpha value is -2.23. The van der Waals surface area contributed by atoms with E-state index >= 15 is 0 Å². The highest BCUT2D eigenvalue weighted by Gasteiger charge is 2.28. The summed E-state index contributed by atoms with van der Waals surface area (Å²) in [5, 5.41) is 8.90. The van der Waals surface area contributed by atoms with Crippen molar-refractivity contribution in [1.29, 1.82) is 0 Å². The molecule has 4 heteroatoms. The number of benzene rings is 1. The van der Waals surface area contributed by atoms with Crippen molar-refractivity contribution in [3.63, 3.8) is 0 Å². The van der Waals surface area contributed by atoms with Gasteiger partial charge in [0.25, 0.3) is 0 Å². The highest BCUT2D eigenvalue weighted by Crippen LogP contribution is 2.22. The summed E-state index contributed by atoms with van der Waals surface area (Å²) in [6.45, 7) is 0. The first-order chi connectivity index (χ1) is 7.65.